The first-order valence-corrected chi connectivity index (χ1v) is 11.0. The standard InChI is InChI=1S/C21H22ClN5O4S/c1-3-30-16-8-10-17(11-9-16)31-12-18-25-26-21(32-13(2)19(28)24-20(23)29)27(18)15-6-4-14(22)5-7-15/h4-11,13H,3,12H2,1-2H3,(H3,23,24,28,29)/t13-/m0/s1. The van der Waals surface area contributed by atoms with E-state index in [-0.39, 0.29) is 6.61 Å². The second-order valence-electron chi connectivity index (χ2n) is 6.52. The first-order chi connectivity index (χ1) is 15.4. The van der Waals surface area contributed by atoms with Gasteiger partial charge in [0.2, 0.25) is 5.91 Å². The van der Waals surface area contributed by atoms with Crippen molar-refractivity contribution in [3.63, 3.8) is 0 Å². The molecule has 0 saturated heterocycles. The van der Waals surface area contributed by atoms with E-state index in [4.69, 9.17) is 26.8 Å². The number of hydrogen-bond acceptors (Lipinski definition) is 7. The molecule has 3 aromatic rings. The maximum atomic E-state index is 12.1. The van der Waals surface area contributed by atoms with Crippen molar-refractivity contribution in [1.82, 2.24) is 20.1 Å². The van der Waals surface area contributed by atoms with Gasteiger partial charge >= 0.3 is 6.03 Å². The molecule has 0 aliphatic heterocycles. The number of carbonyl (C=O) groups excluding carboxylic acids is 2. The number of nitrogens with zero attached hydrogens (tertiary/aromatic N) is 3. The highest BCUT2D eigenvalue weighted by atomic mass is 35.5. The van der Waals surface area contributed by atoms with E-state index in [1.807, 2.05) is 31.2 Å². The zero-order valence-electron chi connectivity index (χ0n) is 17.4. The quantitative estimate of drug-likeness (QED) is 0.453. The van der Waals surface area contributed by atoms with Gasteiger partial charge in [-0.2, -0.15) is 0 Å². The molecular weight excluding hydrogens is 454 g/mol. The molecule has 9 nitrogen and oxygen atoms in total. The smallest absolute Gasteiger partial charge is 0.318 e. The molecule has 0 aliphatic rings. The number of amides is 3. The monoisotopic (exact) mass is 475 g/mol. The lowest BCUT2D eigenvalue weighted by Gasteiger charge is -2.13. The van der Waals surface area contributed by atoms with E-state index in [2.05, 4.69) is 15.5 Å². The zero-order valence-corrected chi connectivity index (χ0v) is 19.0. The highest BCUT2D eigenvalue weighted by Gasteiger charge is 2.22. The first kappa shape index (κ1) is 23.4. The number of halogens is 1. The van der Waals surface area contributed by atoms with Crippen LogP contribution in [0.2, 0.25) is 5.02 Å². The third kappa shape index (κ3) is 6.14. The van der Waals surface area contributed by atoms with Crippen LogP contribution in [0.1, 0.15) is 19.7 Å². The SMILES string of the molecule is CCOc1ccc(OCc2nnc(S[C@@H](C)C(=O)NC(N)=O)n2-c2ccc(Cl)cc2)cc1. The van der Waals surface area contributed by atoms with Crippen molar-refractivity contribution < 1.29 is 19.1 Å². The molecule has 32 heavy (non-hydrogen) atoms. The number of imide groups is 1. The number of thioether (sulfide) groups is 1. The Morgan fingerprint density at radius 3 is 2.31 bits per heavy atom. The van der Waals surface area contributed by atoms with Crippen LogP contribution in [0.3, 0.4) is 0 Å². The Hall–Kier alpha value is -3.24. The van der Waals surface area contributed by atoms with Crippen LogP contribution in [0.5, 0.6) is 11.5 Å². The number of primary amides is 1. The van der Waals surface area contributed by atoms with Crippen LogP contribution in [-0.2, 0) is 11.4 Å². The van der Waals surface area contributed by atoms with Crippen molar-refractivity contribution in [3.05, 3.63) is 59.4 Å². The van der Waals surface area contributed by atoms with Gasteiger partial charge in [-0.15, -0.1) is 10.2 Å². The average molecular weight is 476 g/mol. The van der Waals surface area contributed by atoms with Gasteiger partial charge in [0.15, 0.2) is 11.0 Å². The molecule has 168 valence electrons. The molecule has 0 radical (unpaired) electrons. The van der Waals surface area contributed by atoms with Crippen molar-refractivity contribution >= 4 is 35.3 Å². The molecule has 0 saturated carbocycles. The van der Waals surface area contributed by atoms with E-state index in [1.54, 1.807) is 35.8 Å². The van der Waals surface area contributed by atoms with Crippen molar-refractivity contribution in [3.8, 4) is 17.2 Å². The summed E-state index contributed by atoms with van der Waals surface area (Å²) in [6.45, 7) is 4.27. The molecule has 0 aliphatic carbocycles. The number of urea groups is 1. The fourth-order valence-corrected chi connectivity index (χ4v) is 3.71. The molecule has 0 fully saturated rings. The van der Waals surface area contributed by atoms with Gasteiger partial charge in [-0.3, -0.25) is 14.7 Å². The van der Waals surface area contributed by atoms with Gasteiger partial charge in [0.25, 0.3) is 0 Å². The Morgan fingerprint density at radius 1 is 1.09 bits per heavy atom. The highest BCUT2D eigenvalue weighted by molar-refractivity contribution is 8.00. The van der Waals surface area contributed by atoms with Crippen LogP contribution in [0.25, 0.3) is 5.69 Å². The van der Waals surface area contributed by atoms with Crippen LogP contribution in [0.4, 0.5) is 4.79 Å². The Kier molecular flexibility index (Phi) is 7.96. The number of carbonyl (C=O) groups is 2. The number of nitrogens with one attached hydrogen (secondary N) is 1. The van der Waals surface area contributed by atoms with Crippen LogP contribution in [0, 0.1) is 0 Å². The van der Waals surface area contributed by atoms with E-state index in [0.717, 1.165) is 23.2 Å². The summed E-state index contributed by atoms with van der Waals surface area (Å²) in [6.07, 6.45) is 0. The molecular formula is C21H22ClN5O4S. The van der Waals surface area contributed by atoms with Crippen molar-refractivity contribution in [2.75, 3.05) is 6.61 Å². The van der Waals surface area contributed by atoms with Crippen molar-refractivity contribution in [2.45, 2.75) is 30.9 Å². The number of nitrogens with two attached hydrogens (primary N) is 1. The van der Waals surface area contributed by atoms with E-state index < -0.39 is 17.2 Å². The van der Waals surface area contributed by atoms with Crippen LogP contribution < -0.4 is 20.5 Å². The van der Waals surface area contributed by atoms with Gasteiger partial charge in [0, 0.05) is 10.7 Å². The van der Waals surface area contributed by atoms with E-state index in [0.29, 0.717) is 28.4 Å². The fourth-order valence-electron chi connectivity index (χ4n) is 2.70. The van der Waals surface area contributed by atoms with Crippen LogP contribution in [-0.4, -0.2) is 38.6 Å². The fraction of sp³-hybridized carbons (Fsp3) is 0.238. The largest absolute Gasteiger partial charge is 0.494 e. The Labute approximate surface area is 194 Å². The minimum Gasteiger partial charge on any atom is -0.494 e. The summed E-state index contributed by atoms with van der Waals surface area (Å²) in [5.74, 6) is 1.39. The molecule has 1 aromatic heterocycles. The minimum atomic E-state index is -0.911. The molecule has 3 rings (SSSR count). The van der Waals surface area contributed by atoms with Crippen LogP contribution >= 0.6 is 23.4 Å². The molecule has 0 spiro atoms. The Balaban J connectivity index is 1.83. The lowest BCUT2D eigenvalue weighted by molar-refractivity contribution is -0.119. The first-order valence-electron chi connectivity index (χ1n) is 9.70. The van der Waals surface area contributed by atoms with Crippen molar-refractivity contribution in [1.29, 1.82) is 0 Å². The summed E-state index contributed by atoms with van der Waals surface area (Å²) in [5.41, 5.74) is 5.78. The summed E-state index contributed by atoms with van der Waals surface area (Å²) in [5, 5.41) is 10.9. The van der Waals surface area contributed by atoms with Gasteiger partial charge in [-0.05, 0) is 62.4 Å². The highest BCUT2D eigenvalue weighted by Crippen LogP contribution is 2.27. The lowest BCUT2D eigenvalue weighted by Crippen LogP contribution is -2.39. The molecule has 2 aromatic carbocycles. The summed E-state index contributed by atoms with van der Waals surface area (Å²) in [6, 6.07) is 13.4. The second-order valence-corrected chi connectivity index (χ2v) is 8.26. The molecule has 3 N–H and O–H groups in total. The Morgan fingerprint density at radius 2 is 1.72 bits per heavy atom. The lowest BCUT2D eigenvalue weighted by atomic mass is 10.3. The minimum absolute atomic E-state index is 0.131. The number of rotatable bonds is 9. The molecule has 3 amide bonds. The number of aromatic nitrogens is 3. The third-order valence-corrected chi connectivity index (χ3v) is 5.48. The van der Waals surface area contributed by atoms with Gasteiger partial charge in [-0.25, -0.2) is 4.79 Å². The van der Waals surface area contributed by atoms with Gasteiger partial charge in [0.1, 0.15) is 18.1 Å². The molecule has 1 heterocycles. The van der Waals surface area contributed by atoms with Crippen LogP contribution in [0.15, 0.2) is 53.7 Å². The van der Waals surface area contributed by atoms with Gasteiger partial charge in [0.05, 0.1) is 11.9 Å². The zero-order chi connectivity index (χ0) is 23.1. The van der Waals surface area contributed by atoms with Gasteiger partial charge < -0.3 is 15.2 Å². The van der Waals surface area contributed by atoms with E-state index >= 15 is 0 Å². The van der Waals surface area contributed by atoms with Gasteiger partial charge in [-0.1, -0.05) is 23.4 Å². The maximum Gasteiger partial charge on any atom is 0.318 e. The maximum absolute atomic E-state index is 12.1. The molecule has 0 unspecified atom stereocenters. The Bertz CT molecular complexity index is 1070. The second kappa shape index (κ2) is 10.9. The predicted molar refractivity (Wildman–Crippen MR) is 121 cm³/mol. The predicted octanol–water partition coefficient (Wildman–Crippen LogP) is 3.57. The summed E-state index contributed by atoms with van der Waals surface area (Å²) in [7, 11) is 0. The van der Waals surface area contributed by atoms with E-state index in [9.17, 15) is 9.59 Å². The number of hydrogen-bond donors (Lipinski definition) is 2. The molecule has 11 heteroatoms. The summed E-state index contributed by atoms with van der Waals surface area (Å²) in [4.78, 5) is 23.1. The topological polar surface area (TPSA) is 121 Å². The summed E-state index contributed by atoms with van der Waals surface area (Å²) < 4.78 is 13.1. The summed E-state index contributed by atoms with van der Waals surface area (Å²) >= 11 is 7.16. The number of ether oxygens (including phenoxy) is 2. The average Bonchev–Trinajstić information content (AvgIpc) is 3.16. The normalized spacial score (nSPS) is 11.6. The molecule has 1 atom stereocenters. The van der Waals surface area contributed by atoms with Crippen molar-refractivity contribution in [2.24, 2.45) is 5.73 Å². The molecule has 0 bridgehead atoms. The number of benzene rings is 2. The van der Waals surface area contributed by atoms with E-state index in [1.165, 1.54) is 0 Å². The third-order valence-electron chi connectivity index (χ3n) is 4.19.